The highest BCUT2D eigenvalue weighted by Gasteiger charge is 2.16. The zero-order valence-electron chi connectivity index (χ0n) is 11.5. The normalized spacial score (nSPS) is 22.9. The van der Waals surface area contributed by atoms with Crippen molar-refractivity contribution in [1.29, 1.82) is 0 Å². The summed E-state index contributed by atoms with van der Waals surface area (Å²) in [5.74, 6) is -3.65. The Bertz CT molecular complexity index is 251. The molecule has 20 heavy (non-hydrogen) atoms. The predicted molar refractivity (Wildman–Crippen MR) is 71.3 cm³/mol. The summed E-state index contributed by atoms with van der Waals surface area (Å²) in [6.45, 7) is 3.44. The minimum atomic E-state index is -1.82. The van der Waals surface area contributed by atoms with Crippen molar-refractivity contribution in [2.75, 3.05) is 26.3 Å². The average molecular weight is 292 g/mol. The molecule has 0 aromatic carbocycles. The number of carboxylic acid groups (broad SMARTS) is 2. The van der Waals surface area contributed by atoms with Crippen LogP contribution in [0, 0.1) is 0 Å². The second kappa shape index (κ2) is 11.6. The van der Waals surface area contributed by atoms with E-state index in [1.54, 1.807) is 0 Å². The van der Waals surface area contributed by atoms with Gasteiger partial charge in [-0.2, -0.15) is 0 Å². The van der Waals surface area contributed by atoms with Gasteiger partial charge >= 0.3 is 11.9 Å². The van der Waals surface area contributed by atoms with Gasteiger partial charge in [-0.15, -0.1) is 0 Å². The number of hydrogen-bond donors (Lipinski definition) is 4. The molecule has 0 bridgehead atoms. The van der Waals surface area contributed by atoms with Gasteiger partial charge in [0.05, 0.1) is 12.2 Å². The molecule has 2 fully saturated rings. The van der Waals surface area contributed by atoms with Crippen molar-refractivity contribution in [1.82, 2.24) is 0 Å². The molecule has 8 heteroatoms. The molecule has 118 valence electrons. The molecule has 0 spiro atoms. The first-order valence-corrected chi connectivity index (χ1v) is 6.60. The first kappa shape index (κ1) is 18.8. The molecule has 0 radical (unpaired) electrons. The van der Waals surface area contributed by atoms with Gasteiger partial charge in [0.2, 0.25) is 0 Å². The lowest BCUT2D eigenvalue weighted by molar-refractivity contribution is -0.159. The Labute approximate surface area is 118 Å². The van der Waals surface area contributed by atoms with E-state index < -0.39 is 11.9 Å². The number of aliphatic carboxylic acids is 2. The highest BCUT2D eigenvalue weighted by molar-refractivity contribution is 6.27. The first-order valence-electron chi connectivity index (χ1n) is 6.60. The van der Waals surface area contributed by atoms with E-state index in [4.69, 9.17) is 40.7 Å². The molecule has 2 saturated heterocycles. The van der Waals surface area contributed by atoms with Gasteiger partial charge < -0.3 is 31.2 Å². The van der Waals surface area contributed by atoms with E-state index in [9.17, 15) is 0 Å². The molecule has 0 amide bonds. The Balaban J connectivity index is 0.000000272. The van der Waals surface area contributed by atoms with E-state index in [-0.39, 0.29) is 0 Å². The fraction of sp³-hybridized carbons (Fsp3) is 0.833. The van der Waals surface area contributed by atoms with Crippen molar-refractivity contribution in [3.05, 3.63) is 0 Å². The Morgan fingerprint density at radius 1 is 0.900 bits per heavy atom. The van der Waals surface area contributed by atoms with Crippen LogP contribution in [0.4, 0.5) is 0 Å². The van der Waals surface area contributed by atoms with Crippen molar-refractivity contribution in [2.45, 2.75) is 37.9 Å². The minimum absolute atomic E-state index is 0.505. The van der Waals surface area contributed by atoms with Crippen LogP contribution in [0.25, 0.3) is 0 Å². The summed E-state index contributed by atoms with van der Waals surface area (Å²) >= 11 is 0. The third kappa shape index (κ3) is 9.68. The molecule has 8 nitrogen and oxygen atoms in total. The number of hydrogen-bond acceptors (Lipinski definition) is 6. The summed E-state index contributed by atoms with van der Waals surface area (Å²) in [6.07, 6.45) is 5.53. The van der Waals surface area contributed by atoms with E-state index >= 15 is 0 Å². The summed E-state index contributed by atoms with van der Waals surface area (Å²) in [5, 5.41) is 14.8. The molecule has 0 aromatic heterocycles. The lowest BCUT2D eigenvalue weighted by atomic mass is 10.1. The minimum Gasteiger partial charge on any atom is -0.473 e. The summed E-state index contributed by atoms with van der Waals surface area (Å²) in [7, 11) is 0. The van der Waals surface area contributed by atoms with Gasteiger partial charge in [0, 0.05) is 13.2 Å². The van der Waals surface area contributed by atoms with Crippen LogP contribution in [0.2, 0.25) is 0 Å². The predicted octanol–water partition coefficient (Wildman–Crippen LogP) is -0.596. The number of ether oxygens (including phenoxy) is 2. The summed E-state index contributed by atoms with van der Waals surface area (Å²) in [5.41, 5.74) is 10.5. The number of rotatable bonds is 4. The van der Waals surface area contributed by atoms with Crippen LogP contribution in [0.5, 0.6) is 0 Å². The number of nitrogens with two attached hydrogens (primary N) is 2. The molecule has 2 heterocycles. The van der Waals surface area contributed by atoms with E-state index in [1.165, 1.54) is 12.8 Å². The Morgan fingerprint density at radius 3 is 1.25 bits per heavy atom. The second-order valence-electron chi connectivity index (χ2n) is 4.33. The van der Waals surface area contributed by atoms with Crippen molar-refractivity contribution >= 4 is 11.9 Å². The zero-order valence-corrected chi connectivity index (χ0v) is 11.5. The quantitative estimate of drug-likeness (QED) is 0.503. The molecular weight excluding hydrogens is 268 g/mol. The fourth-order valence-corrected chi connectivity index (χ4v) is 1.40. The van der Waals surface area contributed by atoms with Crippen LogP contribution in [0.1, 0.15) is 25.7 Å². The number of carboxylic acids is 2. The van der Waals surface area contributed by atoms with E-state index in [2.05, 4.69) is 0 Å². The van der Waals surface area contributed by atoms with Gasteiger partial charge in [-0.25, -0.2) is 9.59 Å². The summed E-state index contributed by atoms with van der Waals surface area (Å²) in [4.78, 5) is 18.2. The second-order valence-corrected chi connectivity index (χ2v) is 4.33. The monoisotopic (exact) mass is 292 g/mol. The molecule has 6 N–H and O–H groups in total. The van der Waals surface area contributed by atoms with Gasteiger partial charge in [0.15, 0.2) is 0 Å². The first-order chi connectivity index (χ1) is 9.51. The smallest absolute Gasteiger partial charge is 0.414 e. The van der Waals surface area contributed by atoms with Gasteiger partial charge in [-0.05, 0) is 38.8 Å². The number of carbonyl (C=O) groups is 2. The molecule has 2 atom stereocenters. The lowest BCUT2D eigenvalue weighted by Crippen LogP contribution is -2.28. The molecule has 2 unspecified atom stereocenters. The molecule has 0 saturated carbocycles. The zero-order chi connectivity index (χ0) is 15.4. The third-order valence-corrected chi connectivity index (χ3v) is 2.75. The standard InChI is InChI=1S/2C5H11NO.C2H2O4/c2*6-3-1-5-2-4-7-5;3-1(4)2(5)6/h2*5H,1-4,6H2;(H,3,4)(H,5,6). The van der Waals surface area contributed by atoms with Gasteiger partial charge in [0.25, 0.3) is 0 Å². The maximum atomic E-state index is 9.10. The van der Waals surface area contributed by atoms with Crippen molar-refractivity contribution in [3.63, 3.8) is 0 Å². The van der Waals surface area contributed by atoms with Crippen molar-refractivity contribution in [3.8, 4) is 0 Å². The maximum Gasteiger partial charge on any atom is 0.414 e. The molecule has 0 aliphatic carbocycles. The highest BCUT2D eigenvalue weighted by atomic mass is 16.5. The topological polar surface area (TPSA) is 145 Å². The van der Waals surface area contributed by atoms with Crippen LogP contribution < -0.4 is 11.5 Å². The largest absolute Gasteiger partial charge is 0.473 e. The lowest BCUT2D eigenvalue weighted by Gasteiger charge is -2.25. The summed E-state index contributed by atoms with van der Waals surface area (Å²) < 4.78 is 10.2. The van der Waals surface area contributed by atoms with Gasteiger partial charge in [-0.3, -0.25) is 0 Å². The Kier molecular flexibility index (Phi) is 10.9. The van der Waals surface area contributed by atoms with E-state index in [1.807, 2.05) is 0 Å². The van der Waals surface area contributed by atoms with Crippen LogP contribution >= 0.6 is 0 Å². The van der Waals surface area contributed by atoms with E-state index in [0.717, 1.165) is 39.1 Å². The van der Waals surface area contributed by atoms with Gasteiger partial charge in [0.1, 0.15) is 0 Å². The third-order valence-electron chi connectivity index (χ3n) is 2.75. The van der Waals surface area contributed by atoms with Crippen LogP contribution in [-0.2, 0) is 19.1 Å². The molecule has 2 aliphatic heterocycles. The maximum absolute atomic E-state index is 9.10. The SMILES string of the molecule is NCCC1CCO1.NCCC1CCO1.O=C(O)C(=O)O. The molecule has 0 aromatic rings. The average Bonchev–Trinajstić information content (AvgIpc) is 2.30. The molecular formula is C12H24N2O6. The van der Waals surface area contributed by atoms with E-state index in [0.29, 0.717) is 12.2 Å². The Hall–Kier alpha value is -1.22. The van der Waals surface area contributed by atoms with Gasteiger partial charge in [-0.1, -0.05) is 0 Å². The van der Waals surface area contributed by atoms with Crippen molar-refractivity contribution in [2.24, 2.45) is 11.5 Å². The fourth-order valence-electron chi connectivity index (χ4n) is 1.40. The van der Waals surface area contributed by atoms with Crippen LogP contribution in [-0.4, -0.2) is 60.7 Å². The molecule has 2 rings (SSSR count). The van der Waals surface area contributed by atoms with Crippen molar-refractivity contribution < 1.29 is 29.3 Å². The van der Waals surface area contributed by atoms with Crippen LogP contribution in [0.3, 0.4) is 0 Å². The molecule has 2 aliphatic rings. The summed E-state index contributed by atoms with van der Waals surface area (Å²) in [6, 6.07) is 0. The highest BCUT2D eigenvalue weighted by Crippen LogP contribution is 2.13. The Morgan fingerprint density at radius 2 is 1.20 bits per heavy atom. The van der Waals surface area contributed by atoms with Crippen LogP contribution in [0.15, 0.2) is 0 Å².